The van der Waals surface area contributed by atoms with Crippen LogP contribution in [-0.2, 0) is 6.54 Å². The van der Waals surface area contributed by atoms with Crippen molar-refractivity contribution < 1.29 is 13.2 Å². The van der Waals surface area contributed by atoms with Crippen molar-refractivity contribution >= 4 is 5.96 Å². The lowest BCUT2D eigenvalue weighted by Gasteiger charge is -2.20. The van der Waals surface area contributed by atoms with Crippen LogP contribution in [0.15, 0.2) is 29.3 Å². The summed E-state index contributed by atoms with van der Waals surface area (Å²) < 4.78 is 37.2. The molecule has 1 heterocycles. The Morgan fingerprint density at radius 2 is 2.17 bits per heavy atom. The summed E-state index contributed by atoms with van der Waals surface area (Å²) in [5.41, 5.74) is 2.32. The number of alkyl halides is 3. The predicted octanol–water partition coefficient (Wildman–Crippen LogP) is 2.30. The number of nitrogens with one attached hydrogen (secondary N) is 2. The van der Waals surface area contributed by atoms with Crippen LogP contribution in [0, 0.1) is 6.92 Å². The van der Waals surface area contributed by atoms with Crippen LogP contribution >= 0.6 is 0 Å². The van der Waals surface area contributed by atoms with E-state index in [4.69, 9.17) is 0 Å². The predicted molar refractivity (Wildman–Crippen MR) is 85.4 cm³/mol. The molecule has 0 saturated carbocycles. The van der Waals surface area contributed by atoms with Crippen LogP contribution in [0.3, 0.4) is 0 Å². The summed E-state index contributed by atoms with van der Waals surface area (Å²) in [6.07, 6.45) is -3.46. The van der Waals surface area contributed by atoms with Crippen LogP contribution in [0.2, 0.25) is 0 Å². The molecule has 23 heavy (non-hydrogen) atoms. The lowest BCUT2D eigenvalue weighted by atomic mass is 10.1. The molecule has 128 valence electrons. The number of hydrogen-bond acceptors (Lipinski definition) is 2. The summed E-state index contributed by atoms with van der Waals surface area (Å²) >= 11 is 0. The van der Waals surface area contributed by atoms with Crippen LogP contribution in [-0.4, -0.2) is 49.8 Å². The van der Waals surface area contributed by atoms with E-state index in [1.807, 2.05) is 25.1 Å². The normalized spacial score (nSPS) is 19.9. The zero-order valence-electron chi connectivity index (χ0n) is 13.5. The molecule has 0 aromatic heterocycles. The Bertz CT molecular complexity index is 542. The van der Waals surface area contributed by atoms with Crippen molar-refractivity contribution in [2.75, 3.05) is 26.7 Å². The highest BCUT2D eigenvalue weighted by Gasteiger charge is 2.34. The number of aliphatic imine (C=N–C) groups is 1. The molecule has 0 bridgehead atoms. The highest BCUT2D eigenvalue weighted by Crippen LogP contribution is 2.19. The maximum atomic E-state index is 12.4. The van der Waals surface area contributed by atoms with E-state index in [0.29, 0.717) is 32.0 Å². The summed E-state index contributed by atoms with van der Waals surface area (Å²) in [6, 6.07) is 8.12. The molecule has 1 saturated heterocycles. The molecule has 0 aliphatic carbocycles. The Kier molecular flexibility index (Phi) is 5.87. The highest BCUT2D eigenvalue weighted by molar-refractivity contribution is 5.80. The van der Waals surface area contributed by atoms with Crippen molar-refractivity contribution in [1.82, 2.24) is 15.5 Å². The minimum atomic E-state index is -4.14. The minimum absolute atomic E-state index is 0.0129. The van der Waals surface area contributed by atoms with Crippen molar-refractivity contribution in [2.24, 2.45) is 4.99 Å². The van der Waals surface area contributed by atoms with E-state index in [-0.39, 0.29) is 6.04 Å². The van der Waals surface area contributed by atoms with Gasteiger partial charge in [-0.1, -0.05) is 29.8 Å². The van der Waals surface area contributed by atoms with Crippen molar-refractivity contribution in [3.05, 3.63) is 35.4 Å². The number of aryl methyl sites for hydroxylation is 1. The zero-order valence-corrected chi connectivity index (χ0v) is 13.5. The first-order chi connectivity index (χ1) is 10.9. The molecule has 1 unspecified atom stereocenters. The van der Waals surface area contributed by atoms with Gasteiger partial charge in [-0.15, -0.1) is 0 Å². The van der Waals surface area contributed by atoms with Crippen LogP contribution in [0.1, 0.15) is 17.5 Å². The van der Waals surface area contributed by atoms with Gasteiger partial charge in [-0.3, -0.25) is 9.89 Å². The van der Waals surface area contributed by atoms with E-state index in [1.54, 1.807) is 7.05 Å². The quantitative estimate of drug-likeness (QED) is 0.658. The molecule has 1 aromatic rings. The second-order valence-corrected chi connectivity index (χ2v) is 5.90. The van der Waals surface area contributed by atoms with Gasteiger partial charge >= 0.3 is 6.18 Å². The SMILES string of the molecule is CN=C(NCc1cccc(C)c1)NC1CCN(CC(F)(F)F)C1. The molecule has 1 aliphatic heterocycles. The number of likely N-dealkylation sites (tertiary alicyclic amines) is 1. The lowest BCUT2D eigenvalue weighted by molar-refractivity contribution is -0.143. The molecule has 7 heteroatoms. The molecular weight excluding hydrogens is 305 g/mol. The van der Waals surface area contributed by atoms with Gasteiger partial charge in [0.15, 0.2) is 5.96 Å². The zero-order chi connectivity index (χ0) is 16.9. The van der Waals surface area contributed by atoms with Gasteiger partial charge in [0, 0.05) is 32.7 Å². The minimum Gasteiger partial charge on any atom is -0.352 e. The largest absolute Gasteiger partial charge is 0.401 e. The molecule has 1 aromatic carbocycles. The van der Waals surface area contributed by atoms with E-state index < -0.39 is 12.7 Å². The molecule has 1 fully saturated rings. The Morgan fingerprint density at radius 1 is 1.39 bits per heavy atom. The first kappa shape index (κ1) is 17.6. The fourth-order valence-corrected chi connectivity index (χ4v) is 2.74. The monoisotopic (exact) mass is 328 g/mol. The van der Waals surface area contributed by atoms with Gasteiger partial charge in [0.05, 0.1) is 6.54 Å². The van der Waals surface area contributed by atoms with Crippen LogP contribution < -0.4 is 10.6 Å². The number of rotatable bonds is 4. The first-order valence-corrected chi connectivity index (χ1v) is 7.67. The summed E-state index contributed by atoms with van der Waals surface area (Å²) in [7, 11) is 1.66. The average Bonchev–Trinajstić information content (AvgIpc) is 2.88. The van der Waals surface area contributed by atoms with Gasteiger partial charge in [-0.25, -0.2) is 0 Å². The molecule has 1 aliphatic rings. The van der Waals surface area contributed by atoms with Crippen molar-refractivity contribution in [3.8, 4) is 0 Å². The molecule has 2 rings (SSSR count). The number of guanidine groups is 1. The lowest BCUT2D eigenvalue weighted by Crippen LogP contribution is -2.44. The molecule has 1 atom stereocenters. The number of nitrogens with zero attached hydrogens (tertiary/aromatic N) is 2. The summed E-state index contributed by atoms with van der Waals surface area (Å²) in [4.78, 5) is 5.56. The van der Waals surface area contributed by atoms with Gasteiger partial charge in [-0.05, 0) is 18.9 Å². The van der Waals surface area contributed by atoms with Crippen molar-refractivity contribution in [2.45, 2.75) is 32.1 Å². The van der Waals surface area contributed by atoms with Crippen molar-refractivity contribution in [1.29, 1.82) is 0 Å². The standard InChI is InChI=1S/C16H23F3N4/c1-12-4-3-5-13(8-12)9-21-15(20-2)22-14-6-7-23(10-14)11-16(17,18)19/h3-5,8,14H,6-7,9-11H2,1-2H3,(H2,20,21,22). The Morgan fingerprint density at radius 3 is 2.83 bits per heavy atom. The van der Waals surface area contributed by atoms with Crippen molar-refractivity contribution in [3.63, 3.8) is 0 Å². The summed E-state index contributed by atoms with van der Waals surface area (Å²) in [6.45, 7) is 2.64. The Balaban J connectivity index is 1.79. The second-order valence-electron chi connectivity index (χ2n) is 5.90. The number of halogens is 3. The highest BCUT2D eigenvalue weighted by atomic mass is 19.4. The van der Waals surface area contributed by atoms with E-state index >= 15 is 0 Å². The first-order valence-electron chi connectivity index (χ1n) is 7.67. The van der Waals surface area contributed by atoms with E-state index in [9.17, 15) is 13.2 Å². The third-order valence-corrected chi connectivity index (χ3v) is 3.78. The summed E-state index contributed by atoms with van der Waals surface area (Å²) in [5, 5.41) is 6.40. The number of hydrogen-bond donors (Lipinski definition) is 2. The molecule has 0 spiro atoms. The third kappa shape index (κ3) is 6.09. The third-order valence-electron chi connectivity index (χ3n) is 3.78. The Hall–Kier alpha value is -1.76. The molecular formula is C16H23F3N4. The topological polar surface area (TPSA) is 39.7 Å². The Labute approximate surface area is 134 Å². The maximum Gasteiger partial charge on any atom is 0.401 e. The molecule has 2 N–H and O–H groups in total. The molecule has 0 radical (unpaired) electrons. The average molecular weight is 328 g/mol. The van der Waals surface area contributed by atoms with Gasteiger partial charge in [0.2, 0.25) is 0 Å². The van der Waals surface area contributed by atoms with Gasteiger partial charge in [0.1, 0.15) is 0 Å². The number of benzene rings is 1. The van der Waals surface area contributed by atoms with E-state index in [0.717, 1.165) is 5.56 Å². The maximum absolute atomic E-state index is 12.4. The molecule has 4 nitrogen and oxygen atoms in total. The summed E-state index contributed by atoms with van der Waals surface area (Å²) in [5.74, 6) is 0.616. The van der Waals surface area contributed by atoms with Crippen LogP contribution in [0.25, 0.3) is 0 Å². The van der Waals surface area contributed by atoms with E-state index in [2.05, 4.69) is 21.7 Å². The van der Waals surface area contributed by atoms with Crippen LogP contribution in [0.4, 0.5) is 13.2 Å². The fraction of sp³-hybridized carbons (Fsp3) is 0.562. The molecule has 0 amide bonds. The van der Waals surface area contributed by atoms with Gasteiger partial charge in [-0.2, -0.15) is 13.2 Å². The smallest absolute Gasteiger partial charge is 0.352 e. The van der Waals surface area contributed by atoms with Gasteiger partial charge < -0.3 is 10.6 Å². The van der Waals surface area contributed by atoms with E-state index in [1.165, 1.54) is 10.5 Å². The second kappa shape index (κ2) is 7.68. The van der Waals surface area contributed by atoms with Crippen LogP contribution in [0.5, 0.6) is 0 Å². The fourth-order valence-electron chi connectivity index (χ4n) is 2.74. The van der Waals surface area contributed by atoms with Gasteiger partial charge in [0.25, 0.3) is 0 Å².